The van der Waals surface area contributed by atoms with Crippen molar-refractivity contribution in [1.29, 1.82) is 0 Å². The molecule has 0 bridgehead atoms. The summed E-state index contributed by atoms with van der Waals surface area (Å²) in [6.45, 7) is 14.5. The average molecular weight is 381 g/mol. The summed E-state index contributed by atoms with van der Waals surface area (Å²) in [5.74, 6) is 4.62. The van der Waals surface area contributed by atoms with Crippen molar-refractivity contribution < 1.29 is 0 Å². The van der Waals surface area contributed by atoms with Crippen LogP contribution in [0, 0.1) is 35.0 Å². The first-order chi connectivity index (χ1) is 11.6. The highest BCUT2D eigenvalue weighted by molar-refractivity contribution is 7.20. The molecular formula is C23H41ClSi. The molecule has 0 aliphatic heterocycles. The van der Waals surface area contributed by atoms with E-state index in [-0.39, 0.29) is 0 Å². The Morgan fingerprint density at radius 2 is 1.60 bits per heavy atom. The highest BCUT2D eigenvalue weighted by Crippen LogP contribution is 2.58. The number of allylic oxidation sites excluding steroid dienone is 2. The average Bonchev–Trinajstić information content (AvgIpc) is 2.92. The molecule has 25 heavy (non-hydrogen) atoms. The van der Waals surface area contributed by atoms with Gasteiger partial charge in [0.05, 0.1) is 0 Å². The Morgan fingerprint density at radius 1 is 1.00 bits per heavy atom. The number of rotatable bonds is 3. The molecule has 0 heterocycles. The molecule has 2 saturated carbocycles. The molecule has 0 saturated heterocycles. The van der Waals surface area contributed by atoms with E-state index in [4.69, 9.17) is 11.1 Å². The molecule has 0 amide bonds. The van der Waals surface area contributed by atoms with Crippen molar-refractivity contribution in [2.75, 3.05) is 0 Å². The third-order valence-corrected chi connectivity index (χ3v) is 11.0. The second-order valence-electron chi connectivity index (χ2n) is 11.0. The molecule has 4 unspecified atom stereocenters. The first kappa shape index (κ1) is 20.0. The van der Waals surface area contributed by atoms with Gasteiger partial charge in [0.15, 0.2) is 7.38 Å². The van der Waals surface area contributed by atoms with Crippen LogP contribution in [0.2, 0.25) is 18.6 Å². The van der Waals surface area contributed by atoms with E-state index in [9.17, 15) is 0 Å². The highest BCUT2D eigenvalue weighted by atomic mass is 35.6. The predicted molar refractivity (Wildman–Crippen MR) is 115 cm³/mol. The van der Waals surface area contributed by atoms with Crippen molar-refractivity contribution in [3.63, 3.8) is 0 Å². The van der Waals surface area contributed by atoms with Gasteiger partial charge in [-0.05, 0) is 85.5 Å². The lowest BCUT2D eigenvalue weighted by molar-refractivity contribution is 0.0761. The van der Waals surface area contributed by atoms with Gasteiger partial charge in [0.25, 0.3) is 0 Å². The van der Waals surface area contributed by atoms with Crippen LogP contribution >= 0.6 is 11.1 Å². The summed E-state index contributed by atoms with van der Waals surface area (Å²) in [4.78, 5) is 0. The molecule has 0 aromatic heterocycles. The first-order valence-electron chi connectivity index (χ1n) is 11.0. The fourth-order valence-electron chi connectivity index (χ4n) is 6.80. The molecule has 0 aromatic rings. The van der Waals surface area contributed by atoms with Gasteiger partial charge in [-0.3, -0.25) is 0 Å². The third kappa shape index (κ3) is 4.08. The van der Waals surface area contributed by atoms with Crippen LogP contribution in [0.15, 0.2) is 11.6 Å². The van der Waals surface area contributed by atoms with Crippen molar-refractivity contribution in [1.82, 2.24) is 0 Å². The number of hydrogen-bond acceptors (Lipinski definition) is 0. The maximum absolute atomic E-state index is 7.03. The third-order valence-electron chi connectivity index (χ3n) is 8.05. The normalized spacial score (nSPS) is 39.9. The van der Waals surface area contributed by atoms with Gasteiger partial charge in [0.2, 0.25) is 0 Å². The van der Waals surface area contributed by atoms with Crippen molar-refractivity contribution in [2.24, 2.45) is 35.0 Å². The molecular weight excluding hydrogens is 340 g/mol. The summed E-state index contributed by atoms with van der Waals surface area (Å²) in [7, 11) is -1.63. The molecule has 0 N–H and O–H groups in total. The Hall–Kier alpha value is 0.247. The summed E-state index contributed by atoms with van der Waals surface area (Å²) in [5.41, 5.74) is 2.98. The topological polar surface area (TPSA) is 0 Å². The lowest BCUT2D eigenvalue weighted by Crippen LogP contribution is -2.38. The van der Waals surface area contributed by atoms with Crippen LogP contribution in [-0.4, -0.2) is 7.38 Å². The Kier molecular flexibility index (Phi) is 5.87. The van der Waals surface area contributed by atoms with E-state index in [1.807, 2.05) is 0 Å². The fraction of sp³-hybridized carbons (Fsp3) is 0.913. The van der Waals surface area contributed by atoms with Crippen LogP contribution < -0.4 is 0 Å². The molecule has 4 atom stereocenters. The molecule has 2 fully saturated rings. The fourth-order valence-corrected chi connectivity index (χ4v) is 10.3. The summed E-state index contributed by atoms with van der Waals surface area (Å²) >= 11 is 7.03. The summed E-state index contributed by atoms with van der Waals surface area (Å²) in [5, 5.41) is 0. The molecule has 2 heteroatoms. The lowest BCUT2D eigenvalue weighted by atomic mass is 9.61. The highest BCUT2D eigenvalue weighted by Gasteiger charge is 2.50. The van der Waals surface area contributed by atoms with Crippen molar-refractivity contribution in [3.05, 3.63) is 11.6 Å². The molecule has 0 spiro atoms. The van der Waals surface area contributed by atoms with Gasteiger partial charge in [0.1, 0.15) is 0 Å². The summed E-state index contributed by atoms with van der Waals surface area (Å²) in [6, 6.07) is 0. The minimum atomic E-state index is -1.63. The monoisotopic (exact) mass is 380 g/mol. The molecule has 0 nitrogen and oxygen atoms in total. The Balaban J connectivity index is 1.73. The zero-order valence-corrected chi connectivity index (χ0v) is 19.3. The van der Waals surface area contributed by atoms with Crippen LogP contribution in [0.1, 0.15) is 79.1 Å². The Bertz CT molecular complexity index is 487. The van der Waals surface area contributed by atoms with Crippen molar-refractivity contribution >= 4 is 18.5 Å². The van der Waals surface area contributed by atoms with Gasteiger partial charge in [-0.25, -0.2) is 0 Å². The maximum Gasteiger partial charge on any atom is 0.157 e. The van der Waals surface area contributed by atoms with Crippen molar-refractivity contribution in [3.8, 4) is 0 Å². The van der Waals surface area contributed by atoms with E-state index >= 15 is 0 Å². The van der Waals surface area contributed by atoms with E-state index < -0.39 is 7.38 Å². The largest absolute Gasteiger partial charge is 0.167 e. The van der Waals surface area contributed by atoms with Gasteiger partial charge >= 0.3 is 0 Å². The molecule has 3 rings (SSSR count). The van der Waals surface area contributed by atoms with E-state index in [2.05, 4.69) is 46.9 Å². The number of halogens is 1. The first-order valence-corrected chi connectivity index (χ1v) is 15.1. The number of hydrogen-bond donors (Lipinski definition) is 0. The smallest absolute Gasteiger partial charge is 0.157 e. The molecule has 3 aliphatic rings. The van der Waals surface area contributed by atoms with Crippen LogP contribution in [0.3, 0.4) is 0 Å². The van der Waals surface area contributed by atoms with Crippen LogP contribution in [0.25, 0.3) is 0 Å². The summed E-state index contributed by atoms with van der Waals surface area (Å²) < 4.78 is 0. The Morgan fingerprint density at radius 3 is 2.12 bits per heavy atom. The van der Waals surface area contributed by atoms with Crippen LogP contribution in [0.5, 0.6) is 0 Å². The molecule has 144 valence electrons. The quantitative estimate of drug-likeness (QED) is 0.264. The van der Waals surface area contributed by atoms with Gasteiger partial charge in [-0.1, -0.05) is 58.9 Å². The van der Waals surface area contributed by atoms with Gasteiger partial charge in [0, 0.05) is 0 Å². The number of fused-ring (bicyclic) bond motifs is 1. The van der Waals surface area contributed by atoms with Gasteiger partial charge in [-0.15, -0.1) is 0 Å². The van der Waals surface area contributed by atoms with Crippen LogP contribution in [-0.2, 0) is 0 Å². The summed E-state index contributed by atoms with van der Waals surface area (Å²) in [6.07, 6.45) is 14.2. The zero-order chi connectivity index (χ0) is 18.4. The maximum atomic E-state index is 7.03. The van der Waals surface area contributed by atoms with Crippen LogP contribution in [0.4, 0.5) is 0 Å². The SMILES string of the molecule is CCC1=CC2C(C3CCC(C(C)(C)C)CC3)CCCC2C1[Si](C)(C)Cl. The lowest BCUT2D eigenvalue weighted by Gasteiger charge is -2.45. The van der Waals surface area contributed by atoms with E-state index in [1.54, 1.807) is 5.57 Å². The minimum absolute atomic E-state index is 0.502. The zero-order valence-electron chi connectivity index (χ0n) is 17.6. The van der Waals surface area contributed by atoms with Gasteiger partial charge in [-0.2, -0.15) is 11.1 Å². The van der Waals surface area contributed by atoms with Gasteiger partial charge < -0.3 is 0 Å². The predicted octanol–water partition coefficient (Wildman–Crippen LogP) is 8.04. The standard InChI is InChI=1S/C23H41ClSi/c1-7-16-15-21-19(9-8-10-20(21)22(16)25(5,6)24)17-11-13-18(14-12-17)23(2,3)4/h15,17-22H,7-14H2,1-6H3. The second kappa shape index (κ2) is 7.34. The second-order valence-corrected chi connectivity index (χ2v) is 17.6. The van der Waals surface area contributed by atoms with E-state index in [1.165, 1.54) is 51.4 Å². The Labute approximate surface area is 162 Å². The molecule has 0 radical (unpaired) electrons. The minimum Gasteiger partial charge on any atom is -0.167 e. The van der Waals surface area contributed by atoms with E-state index in [0.717, 1.165) is 35.1 Å². The van der Waals surface area contributed by atoms with Crippen molar-refractivity contribution in [2.45, 2.75) is 97.7 Å². The molecule has 3 aliphatic carbocycles. The molecule has 0 aromatic carbocycles. The van der Waals surface area contributed by atoms with E-state index in [0.29, 0.717) is 5.41 Å².